The Morgan fingerprint density at radius 3 is 2.62 bits per heavy atom. The molecule has 1 saturated carbocycles. The topological polar surface area (TPSA) is 20.2 Å². The van der Waals surface area contributed by atoms with Crippen molar-refractivity contribution in [3.8, 4) is 0 Å². The van der Waals surface area contributed by atoms with Crippen LogP contribution in [0.15, 0.2) is 54.3 Å². The molecule has 0 aromatic heterocycles. The second-order valence-electron chi connectivity index (χ2n) is 4.20. The quantitative estimate of drug-likeness (QED) is 0.759. The van der Waals surface area contributed by atoms with Gasteiger partial charge < -0.3 is 5.11 Å². The average Bonchev–Trinajstić information content (AvgIpc) is 3.05. The Labute approximate surface area is 96.4 Å². The van der Waals surface area contributed by atoms with Gasteiger partial charge in [0.25, 0.3) is 0 Å². The van der Waals surface area contributed by atoms with Crippen molar-refractivity contribution in [1.29, 1.82) is 0 Å². The van der Waals surface area contributed by atoms with Crippen LogP contribution in [0.2, 0.25) is 0 Å². The maximum absolute atomic E-state index is 9.91. The van der Waals surface area contributed by atoms with Crippen LogP contribution in [-0.2, 0) is 0 Å². The van der Waals surface area contributed by atoms with Crippen molar-refractivity contribution in [3.05, 3.63) is 59.9 Å². The minimum Gasteiger partial charge on any atom is -0.385 e. The Morgan fingerprint density at radius 2 is 2.06 bits per heavy atom. The number of benzene rings is 1. The first kappa shape index (κ1) is 10.9. The summed E-state index contributed by atoms with van der Waals surface area (Å²) in [4.78, 5) is 0. The van der Waals surface area contributed by atoms with E-state index in [-0.39, 0.29) is 0 Å². The molecule has 1 heteroatoms. The fourth-order valence-corrected chi connectivity index (χ4v) is 1.72. The van der Waals surface area contributed by atoms with Gasteiger partial charge in [-0.15, -0.1) is 5.73 Å². The Kier molecular flexibility index (Phi) is 3.09. The Morgan fingerprint density at radius 1 is 1.38 bits per heavy atom. The molecule has 1 aliphatic carbocycles. The summed E-state index contributed by atoms with van der Waals surface area (Å²) in [5.74, 6) is 0. The molecule has 0 radical (unpaired) electrons. The highest BCUT2D eigenvalue weighted by atomic mass is 16.3. The molecule has 0 bridgehead atoms. The normalized spacial score (nSPS) is 17.1. The van der Waals surface area contributed by atoms with Crippen LogP contribution < -0.4 is 0 Å². The molecule has 1 fully saturated rings. The van der Waals surface area contributed by atoms with E-state index in [9.17, 15) is 5.11 Å². The van der Waals surface area contributed by atoms with E-state index in [1.54, 1.807) is 0 Å². The molecule has 1 N–H and O–H groups in total. The van der Waals surface area contributed by atoms with Crippen molar-refractivity contribution in [2.24, 2.45) is 0 Å². The molecule has 16 heavy (non-hydrogen) atoms. The highest BCUT2D eigenvalue weighted by molar-refractivity contribution is 5.49. The van der Waals surface area contributed by atoms with Gasteiger partial charge in [0.2, 0.25) is 0 Å². The second-order valence-corrected chi connectivity index (χ2v) is 4.20. The molecule has 1 aromatic carbocycles. The lowest BCUT2D eigenvalue weighted by molar-refractivity contribution is 0.187. The number of hydrogen-bond donors (Lipinski definition) is 1. The van der Waals surface area contributed by atoms with E-state index in [1.807, 2.05) is 18.2 Å². The third-order valence-electron chi connectivity index (χ3n) is 2.93. The molecule has 0 amide bonds. The summed E-state index contributed by atoms with van der Waals surface area (Å²) < 4.78 is 0. The second kappa shape index (κ2) is 4.52. The summed E-state index contributed by atoms with van der Waals surface area (Å²) in [6.07, 6.45) is 6.55. The summed E-state index contributed by atoms with van der Waals surface area (Å²) in [7, 11) is 0. The van der Waals surface area contributed by atoms with Crippen molar-refractivity contribution in [2.45, 2.75) is 24.9 Å². The van der Waals surface area contributed by atoms with E-state index < -0.39 is 5.60 Å². The lowest BCUT2D eigenvalue weighted by Crippen LogP contribution is -2.09. The molecule has 0 atom stereocenters. The number of hydrogen-bond acceptors (Lipinski definition) is 1. The van der Waals surface area contributed by atoms with Gasteiger partial charge in [0, 0.05) is 5.57 Å². The minimum absolute atomic E-state index is 0.594. The summed E-state index contributed by atoms with van der Waals surface area (Å²) in [6, 6.07) is 10.1. The fraction of sp³-hybridized carbons (Fsp3) is 0.267. The van der Waals surface area contributed by atoms with E-state index in [0.717, 1.165) is 24.8 Å². The number of aliphatic hydroxyl groups is 1. The van der Waals surface area contributed by atoms with Crippen LogP contribution in [-0.4, -0.2) is 10.7 Å². The van der Waals surface area contributed by atoms with Gasteiger partial charge in [0.1, 0.15) is 0 Å². The molecule has 0 unspecified atom stereocenters. The van der Waals surface area contributed by atoms with Crippen LogP contribution in [0.3, 0.4) is 0 Å². The Balaban J connectivity index is 1.97. The molecule has 0 saturated heterocycles. The maximum Gasteiger partial charge on any atom is 0.0935 e. The first-order valence-electron chi connectivity index (χ1n) is 5.58. The van der Waals surface area contributed by atoms with Gasteiger partial charge in [0.05, 0.1) is 5.60 Å². The zero-order valence-electron chi connectivity index (χ0n) is 9.32. The largest absolute Gasteiger partial charge is 0.385 e. The molecule has 0 aliphatic heterocycles. The predicted octanol–water partition coefficient (Wildman–Crippen LogP) is 3.33. The molecule has 0 spiro atoms. The third kappa shape index (κ3) is 2.52. The van der Waals surface area contributed by atoms with Crippen LogP contribution in [0.4, 0.5) is 0 Å². The maximum atomic E-state index is 9.91. The number of allylic oxidation sites excluding steroid dienone is 1. The van der Waals surface area contributed by atoms with Gasteiger partial charge >= 0.3 is 0 Å². The summed E-state index contributed by atoms with van der Waals surface area (Å²) in [5.41, 5.74) is 4.35. The molecule has 1 aromatic rings. The Hall–Kier alpha value is -1.56. The fourth-order valence-electron chi connectivity index (χ4n) is 1.72. The van der Waals surface area contributed by atoms with E-state index in [0.29, 0.717) is 0 Å². The summed E-state index contributed by atoms with van der Waals surface area (Å²) >= 11 is 0. The molecule has 82 valence electrons. The van der Waals surface area contributed by atoms with E-state index in [4.69, 9.17) is 0 Å². The monoisotopic (exact) mass is 212 g/mol. The van der Waals surface area contributed by atoms with Crippen LogP contribution in [0.5, 0.6) is 0 Å². The van der Waals surface area contributed by atoms with Gasteiger partial charge in [-0.25, -0.2) is 0 Å². The van der Waals surface area contributed by atoms with Gasteiger partial charge in [0.15, 0.2) is 0 Å². The van der Waals surface area contributed by atoms with E-state index >= 15 is 0 Å². The van der Waals surface area contributed by atoms with Crippen molar-refractivity contribution < 1.29 is 5.11 Å². The van der Waals surface area contributed by atoms with E-state index in [1.165, 1.54) is 5.56 Å². The van der Waals surface area contributed by atoms with Gasteiger partial charge in [-0.05, 0) is 24.8 Å². The first-order valence-corrected chi connectivity index (χ1v) is 5.58. The van der Waals surface area contributed by atoms with Crippen LogP contribution in [0.1, 0.15) is 24.8 Å². The SMILES string of the molecule is C=C=C(C/C=C/c1ccccc1)C1(O)CC1. The van der Waals surface area contributed by atoms with Crippen molar-refractivity contribution >= 4 is 6.08 Å². The zero-order chi connectivity index (χ0) is 11.4. The number of rotatable bonds is 4. The van der Waals surface area contributed by atoms with Gasteiger partial charge in [-0.3, -0.25) is 0 Å². The molecule has 1 nitrogen and oxygen atoms in total. The molecule has 2 rings (SSSR count). The van der Waals surface area contributed by atoms with Crippen LogP contribution in [0, 0.1) is 0 Å². The Bertz CT molecular complexity index is 432. The summed E-state index contributed by atoms with van der Waals surface area (Å²) in [6.45, 7) is 3.64. The van der Waals surface area contributed by atoms with Crippen molar-refractivity contribution in [2.75, 3.05) is 0 Å². The highest BCUT2D eigenvalue weighted by Gasteiger charge is 2.43. The standard InChI is InChI=1S/C15H16O/c1-2-14(15(16)11-12-15)10-6-9-13-7-4-3-5-8-13/h3-9,16H,1,10-12H2/b9-6+. The lowest BCUT2D eigenvalue weighted by atomic mass is 10.0. The molecular formula is C15H16O. The predicted molar refractivity (Wildman–Crippen MR) is 66.9 cm³/mol. The first-order chi connectivity index (χ1) is 7.74. The highest BCUT2D eigenvalue weighted by Crippen LogP contribution is 2.42. The third-order valence-corrected chi connectivity index (χ3v) is 2.93. The lowest BCUT2D eigenvalue weighted by Gasteiger charge is -2.07. The summed E-state index contributed by atoms with van der Waals surface area (Å²) in [5, 5.41) is 9.91. The molecule has 1 aliphatic rings. The molecule has 0 heterocycles. The van der Waals surface area contributed by atoms with Crippen molar-refractivity contribution in [3.63, 3.8) is 0 Å². The minimum atomic E-state index is -0.594. The van der Waals surface area contributed by atoms with Gasteiger partial charge in [-0.1, -0.05) is 49.1 Å². The molecular weight excluding hydrogens is 196 g/mol. The zero-order valence-corrected chi connectivity index (χ0v) is 9.32. The average molecular weight is 212 g/mol. The van der Waals surface area contributed by atoms with Crippen LogP contribution >= 0.6 is 0 Å². The van der Waals surface area contributed by atoms with Crippen LogP contribution in [0.25, 0.3) is 6.08 Å². The van der Waals surface area contributed by atoms with Gasteiger partial charge in [-0.2, -0.15) is 0 Å². The van der Waals surface area contributed by atoms with E-state index in [2.05, 4.69) is 36.6 Å². The van der Waals surface area contributed by atoms with Crippen molar-refractivity contribution in [1.82, 2.24) is 0 Å². The smallest absolute Gasteiger partial charge is 0.0935 e.